The van der Waals surface area contributed by atoms with Crippen molar-refractivity contribution in [2.75, 3.05) is 11.1 Å². The number of aromatic carboxylic acids is 1. The molecule has 0 aliphatic carbocycles. The molecule has 8 heteroatoms. The fraction of sp³-hybridized carbons (Fsp3) is 0.294. The van der Waals surface area contributed by atoms with Crippen molar-refractivity contribution in [1.82, 2.24) is 10.2 Å². The van der Waals surface area contributed by atoms with E-state index in [2.05, 4.69) is 38.4 Å². The second-order valence-electron chi connectivity index (χ2n) is 5.26. The number of thioether (sulfide) groups is 1. The maximum absolute atomic E-state index is 12.3. The average Bonchev–Trinajstić information content (AvgIpc) is 2.60. The molecule has 132 valence electrons. The van der Waals surface area contributed by atoms with Gasteiger partial charge < -0.3 is 10.4 Å². The largest absolute Gasteiger partial charge is 0.478 e. The molecule has 6 nitrogen and oxygen atoms in total. The van der Waals surface area contributed by atoms with Gasteiger partial charge in [-0.25, -0.2) is 4.79 Å². The van der Waals surface area contributed by atoms with Gasteiger partial charge >= 0.3 is 5.97 Å². The Labute approximate surface area is 158 Å². The summed E-state index contributed by atoms with van der Waals surface area (Å²) in [6.45, 7) is 2.15. The van der Waals surface area contributed by atoms with Gasteiger partial charge in [0.2, 0.25) is 0 Å². The van der Waals surface area contributed by atoms with Crippen molar-refractivity contribution in [1.29, 1.82) is 0 Å². The van der Waals surface area contributed by atoms with E-state index in [1.54, 1.807) is 30.0 Å². The topological polar surface area (TPSA) is 92.2 Å². The Morgan fingerprint density at radius 1 is 1.20 bits per heavy atom. The molecule has 1 amide bonds. The fourth-order valence-electron chi connectivity index (χ4n) is 2.04. The predicted octanol–water partition coefficient (Wildman–Crippen LogP) is 4.47. The van der Waals surface area contributed by atoms with E-state index in [9.17, 15) is 14.7 Å². The number of benzene rings is 1. The second kappa shape index (κ2) is 9.53. The molecule has 0 saturated carbocycles. The van der Waals surface area contributed by atoms with Crippen LogP contribution in [0, 0.1) is 0 Å². The molecular weight excluding hydrogens is 406 g/mol. The first kappa shape index (κ1) is 19.4. The molecule has 0 unspecified atom stereocenters. The van der Waals surface area contributed by atoms with E-state index < -0.39 is 11.9 Å². The zero-order valence-corrected chi connectivity index (χ0v) is 16.1. The lowest BCUT2D eigenvalue weighted by Crippen LogP contribution is -2.16. The molecule has 0 atom stereocenters. The highest BCUT2D eigenvalue weighted by Gasteiger charge is 2.15. The quantitative estimate of drug-likeness (QED) is 0.480. The van der Waals surface area contributed by atoms with E-state index in [0.717, 1.165) is 17.2 Å². The summed E-state index contributed by atoms with van der Waals surface area (Å²) in [6.07, 6.45) is 3.46. The molecule has 0 aliphatic heterocycles. The van der Waals surface area contributed by atoms with Crippen molar-refractivity contribution < 1.29 is 14.7 Å². The maximum Gasteiger partial charge on any atom is 0.337 e. The molecule has 0 saturated heterocycles. The lowest BCUT2D eigenvalue weighted by Gasteiger charge is -2.08. The highest BCUT2D eigenvalue weighted by Crippen LogP contribution is 2.22. The van der Waals surface area contributed by atoms with Gasteiger partial charge in [0.25, 0.3) is 5.91 Å². The van der Waals surface area contributed by atoms with Gasteiger partial charge in [-0.05, 0) is 42.5 Å². The van der Waals surface area contributed by atoms with E-state index >= 15 is 0 Å². The van der Waals surface area contributed by atoms with E-state index in [4.69, 9.17) is 0 Å². The molecule has 25 heavy (non-hydrogen) atoms. The van der Waals surface area contributed by atoms with Crippen LogP contribution in [-0.4, -0.2) is 32.9 Å². The number of nitrogens with zero attached hydrogens (tertiary/aromatic N) is 2. The number of rotatable bonds is 8. The van der Waals surface area contributed by atoms with Gasteiger partial charge in [0.15, 0.2) is 5.69 Å². The van der Waals surface area contributed by atoms with Crippen molar-refractivity contribution in [2.24, 2.45) is 0 Å². The number of amides is 1. The minimum absolute atomic E-state index is 0.00113. The number of carboxylic acid groups (broad SMARTS) is 1. The third-order valence-corrected chi connectivity index (χ3v) is 4.83. The highest BCUT2D eigenvalue weighted by atomic mass is 79.9. The monoisotopic (exact) mass is 423 g/mol. The minimum Gasteiger partial charge on any atom is -0.478 e. The zero-order valence-electron chi connectivity index (χ0n) is 13.7. The Morgan fingerprint density at radius 3 is 2.64 bits per heavy atom. The van der Waals surface area contributed by atoms with Crippen LogP contribution >= 0.6 is 27.7 Å². The smallest absolute Gasteiger partial charge is 0.337 e. The van der Waals surface area contributed by atoms with Crippen molar-refractivity contribution in [3.8, 4) is 0 Å². The first-order valence-electron chi connectivity index (χ1n) is 7.82. The van der Waals surface area contributed by atoms with Crippen molar-refractivity contribution in [3.05, 3.63) is 46.1 Å². The molecule has 2 rings (SSSR count). The Kier molecular flexibility index (Phi) is 7.39. The molecule has 1 aromatic carbocycles. The third kappa shape index (κ3) is 5.82. The van der Waals surface area contributed by atoms with Gasteiger partial charge in [-0.15, -0.1) is 22.0 Å². The lowest BCUT2D eigenvalue weighted by atomic mass is 10.1. The first-order valence-corrected chi connectivity index (χ1v) is 9.60. The summed E-state index contributed by atoms with van der Waals surface area (Å²) >= 11 is 4.82. The minimum atomic E-state index is -1.12. The van der Waals surface area contributed by atoms with Crippen LogP contribution in [0.5, 0.6) is 0 Å². The van der Waals surface area contributed by atoms with Crippen LogP contribution in [-0.2, 0) is 0 Å². The van der Waals surface area contributed by atoms with Crippen LogP contribution in [0.2, 0.25) is 0 Å². The van der Waals surface area contributed by atoms with Gasteiger partial charge in [-0.2, -0.15) is 0 Å². The molecule has 2 aromatic rings. The summed E-state index contributed by atoms with van der Waals surface area (Å²) in [5.74, 6) is -0.657. The first-order chi connectivity index (χ1) is 12.0. The summed E-state index contributed by atoms with van der Waals surface area (Å²) in [6, 6.07) is 7.95. The Hall–Kier alpha value is -1.93. The van der Waals surface area contributed by atoms with Crippen molar-refractivity contribution >= 4 is 45.3 Å². The lowest BCUT2D eigenvalue weighted by molar-refractivity contribution is 0.0698. The average molecular weight is 424 g/mol. The molecule has 0 radical (unpaired) electrons. The molecule has 0 bridgehead atoms. The maximum atomic E-state index is 12.3. The Bertz CT molecular complexity index is 753. The Morgan fingerprint density at radius 2 is 2.00 bits per heavy atom. The summed E-state index contributed by atoms with van der Waals surface area (Å²) in [4.78, 5) is 23.5. The van der Waals surface area contributed by atoms with Crippen LogP contribution in [0.15, 0.2) is 39.8 Å². The number of halogens is 1. The highest BCUT2D eigenvalue weighted by molar-refractivity contribution is 9.10. The van der Waals surface area contributed by atoms with Gasteiger partial charge in [0.05, 0.1) is 11.3 Å². The van der Waals surface area contributed by atoms with Crippen molar-refractivity contribution in [3.63, 3.8) is 0 Å². The van der Waals surface area contributed by atoms with Crippen LogP contribution in [0.3, 0.4) is 0 Å². The number of nitrogens with one attached hydrogen (secondary N) is 1. The number of carboxylic acids is 1. The zero-order chi connectivity index (χ0) is 18.2. The normalized spacial score (nSPS) is 10.5. The molecule has 0 aliphatic rings. The summed E-state index contributed by atoms with van der Waals surface area (Å²) in [5.41, 5.74) is 0.344. The molecule has 1 aromatic heterocycles. The predicted molar refractivity (Wildman–Crippen MR) is 101 cm³/mol. The molecule has 2 N–H and O–H groups in total. The number of hydrogen-bond donors (Lipinski definition) is 2. The van der Waals surface area contributed by atoms with E-state index in [0.29, 0.717) is 4.47 Å². The van der Waals surface area contributed by atoms with Crippen LogP contribution < -0.4 is 5.32 Å². The molecule has 0 spiro atoms. The third-order valence-electron chi connectivity index (χ3n) is 3.33. The number of unbranched alkanes of at least 4 members (excludes halogenated alkanes) is 2. The SMILES string of the molecule is CCCCCSc1ccc(C(=O)Nc2ccc(Br)cc2C(=O)O)nn1. The molecule has 1 heterocycles. The summed E-state index contributed by atoms with van der Waals surface area (Å²) in [7, 11) is 0. The number of anilines is 1. The number of hydrogen-bond acceptors (Lipinski definition) is 5. The van der Waals surface area contributed by atoms with Gasteiger partial charge in [0.1, 0.15) is 5.03 Å². The summed E-state index contributed by atoms with van der Waals surface area (Å²) < 4.78 is 0.618. The van der Waals surface area contributed by atoms with E-state index in [-0.39, 0.29) is 16.9 Å². The van der Waals surface area contributed by atoms with Gasteiger partial charge in [-0.1, -0.05) is 35.7 Å². The second-order valence-corrected chi connectivity index (χ2v) is 7.29. The van der Waals surface area contributed by atoms with Crippen molar-refractivity contribution in [2.45, 2.75) is 31.2 Å². The number of carbonyl (C=O) groups excluding carboxylic acids is 1. The van der Waals surface area contributed by atoms with E-state index in [1.807, 2.05) is 0 Å². The standard InChI is InChI=1S/C17H18BrN3O3S/c1-2-3-4-9-25-15-8-7-14(20-21-15)16(22)19-13-6-5-11(18)10-12(13)17(23)24/h5-8,10H,2-4,9H2,1H3,(H,19,22)(H,23,24). The van der Waals surface area contributed by atoms with E-state index in [1.165, 1.54) is 25.0 Å². The van der Waals surface area contributed by atoms with Crippen LogP contribution in [0.25, 0.3) is 0 Å². The summed E-state index contributed by atoms with van der Waals surface area (Å²) in [5, 5.41) is 20.5. The van der Waals surface area contributed by atoms with Crippen LogP contribution in [0.4, 0.5) is 5.69 Å². The fourth-order valence-corrected chi connectivity index (χ4v) is 3.22. The van der Waals surface area contributed by atoms with Gasteiger partial charge in [-0.3, -0.25) is 4.79 Å². The van der Waals surface area contributed by atoms with Gasteiger partial charge in [0, 0.05) is 4.47 Å². The number of aromatic nitrogens is 2. The van der Waals surface area contributed by atoms with Crippen LogP contribution in [0.1, 0.15) is 47.0 Å². The molecule has 0 fully saturated rings. The molecular formula is C17H18BrN3O3S. The Balaban J connectivity index is 2.03. The number of carbonyl (C=O) groups is 2.